The zero-order chi connectivity index (χ0) is 21.3. The van der Waals surface area contributed by atoms with Gasteiger partial charge in [-0.25, -0.2) is 22.9 Å². The Kier molecular flexibility index (Phi) is 5.24. The summed E-state index contributed by atoms with van der Waals surface area (Å²) in [6, 6.07) is 20.6. The standard InChI is InChI=1S/C23H19FN2O3S/c1-15-17(11-7-12-19(15)24)22-23(18-10-5-6-13-20(18)30(25,27)28)29-21(26-22)14-16-8-3-2-4-9-16/h2-13H,14H2,1H3,(H2,25,27,28). The third kappa shape index (κ3) is 3.90. The lowest BCUT2D eigenvalue weighted by atomic mass is 10.0. The fourth-order valence-electron chi connectivity index (χ4n) is 3.34. The van der Waals surface area contributed by atoms with Gasteiger partial charge in [0.05, 0.1) is 4.90 Å². The summed E-state index contributed by atoms with van der Waals surface area (Å²) in [5, 5.41) is 5.42. The van der Waals surface area contributed by atoms with E-state index in [2.05, 4.69) is 4.98 Å². The molecule has 0 unspecified atom stereocenters. The fourth-order valence-corrected chi connectivity index (χ4v) is 4.08. The van der Waals surface area contributed by atoms with Crippen molar-refractivity contribution in [1.29, 1.82) is 0 Å². The van der Waals surface area contributed by atoms with Crippen molar-refractivity contribution in [3.63, 3.8) is 0 Å². The predicted octanol–water partition coefficient (Wildman–Crippen LogP) is 4.69. The molecule has 5 nitrogen and oxygen atoms in total. The second-order valence-electron chi connectivity index (χ2n) is 6.90. The number of hydrogen-bond acceptors (Lipinski definition) is 4. The number of rotatable bonds is 5. The van der Waals surface area contributed by atoms with E-state index < -0.39 is 10.0 Å². The van der Waals surface area contributed by atoms with Gasteiger partial charge in [0.15, 0.2) is 11.7 Å². The monoisotopic (exact) mass is 422 g/mol. The number of primary sulfonamides is 1. The maximum absolute atomic E-state index is 14.2. The number of aromatic nitrogens is 1. The lowest BCUT2D eigenvalue weighted by molar-refractivity contribution is 0.518. The number of oxazole rings is 1. The van der Waals surface area contributed by atoms with Gasteiger partial charge in [-0.05, 0) is 36.2 Å². The summed E-state index contributed by atoms with van der Waals surface area (Å²) in [5.41, 5.74) is 2.55. The van der Waals surface area contributed by atoms with Crippen LogP contribution in [0.3, 0.4) is 0 Å². The van der Waals surface area contributed by atoms with Crippen molar-refractivity contribution in [2.24, 2.45) is 5.14 Å². The van der Waals surface area contributed by atoms with Crippen molar-refractivity contribution in [2.75, 3.05) is 0 Å². The molecular weight excluding hydrogens is 403 g/mol. The second-order valence-corrected chi connectivity index (χ2v) is 8.43. The minimum atomic E-state index is -4.01. The number of nitrogens with two attached hydrogens (primary N) is 1. The topological polar surface area (TPSA) is 86.2 Å². The minimum absolute atomic E-state index is 0.0808. The number of halogens is 1. The first-order chi connectivity index (χ1) is 14.3. The molecule has 2 N–H and O–H groups in total. The molecule has 4 rings (SSSR count). The number of hydrogen-bond donors (Lipinski definition) is 1. The van der Waals surface area contributed by atoms with Crippen molar-refractivity contribution < 1.29 is 17.2 Å². The first-order valence-corrected chi connectivity index (χ1v) is 10.8. The molecule has 7 heteroatoms. The Labute approximate surface area is 174 Å². The highest BCUT2D eigenvalue weighted by Gasteiger charge is 2.24. The highest BCUT2D eigenvalue weighted by atomic mass is 32.2. The lowest BCUT2D eigenvalue weighted by Gasteiger charge is -2.08. The van der Waals surface area contributed by atoms with Gasteiger partial charge in [0.2, 0.25) is 10.0 Å². The Balaban J connectivity index is 1.95. The lowest BCUT2D eigenvalue weighted by Crippen LogP contribution is -2.13. The van der Waals surface area contributed by atoms with Crippen LogP contribution in [0.15, 0.2) is 82.1 Å². The van der Waals surface area contributed by atoms with Crippen molar-refractivity contribution in [3.05, 3.63) is 95.6 Å². The summed E-state index contributed by atoms with van der Waals surface area (Å²) in [6.45, 7) is 1.64. The van der Waals surface area contributed by atoms with Crippen LogP contribution in [0.4, 0.5) is 4.39 Å². The Bertz CT molecular complexity index is 1320. The molecule has 0 radical (unpaired) electrons. The summed E-state index contributed by atoms with van der Waals surface area (Å²) >= 11 is 0. The van der Waals surface area contributed by atoms with Gasteiger partial charge in [0.25, 0.3) is 0 Å². The molecule has 0 spiro atoms. The molecule has 1 heterocycles. The highest BCUT2D eigenvalue weighted by Crippen LogP contribution is 2.38. The molecule has 1 aromatic heterocycles. The van der Waals surface area contributed by atoms with Crippen LogP contribution in [-0.4, -0.2) is 13.4 Å². The van der Waals surface area contributed by atoms with E-state index in [1.165, 1.54) is 12.1 Å². The predicted molar refractivity (Wildman–Crippen MR) is 113 cm³/mol. The van der Waals surface area contributed by atoms with E-state index in [9.17, 15) is 12.8 Å². The molecule has 0 saturated carbocycles. The Morgan fingerprint density at radius 2 is 1.60 bits per heavy atom. The quantitative estimate of drug-likeness (QED) is 0.505. The van der Waals surface area contributed by atoms with Gasteiger partial charge in [0, 0.05) is 17.5 Å². The van der Waals surface area contributed by atoms with Crippen molar-refractivity contribution in [1.82, 2.24) is 4.98 Å². The summed E-state index contributed by atoms with van der Waals surface area (Å²) in [6.07, 6.45) is 0.403. The minimum Gasteiger partial charge on any atom is -0.440 e. The molecule has 0 amide bonds. The fraction of sp³-hybridized carbons (Fsp3) is 0.0870. The van der Waals surface area contributed by atoms with E-state index in [1.54, 1.807) is 37.3 Å². The maximum atomic E-state index is 14.2. The van der Waals surface area contributed by atoms with Crippen molar-refractivity contribution in [2.45, 2.75) is 18.2 Å². The van der Waals surface area contributed by atoms with E-state index in [4.69, 9.17) is 9.56 Å². The van der Waals surface area contributed by atoms with Gasteiger partial charge in [-0.15, -0.1) is 0 Å². The second kappa shape index (κ2) is 7.85. The Hall–Kier alpha value is -3.29. The van der Waals surface area contributed by atoms with E-state index in [-0.39, 0.29) is 22.0 Å². The average molecular weight is 422 g/mol. The van der Waals surface area contributed by atoms with Crippen LogP contribution < -0.4 is 5.14 Å². The molecule has 0 bridgehead atoms. The summed E-state index contributed by atoms with van der Waals surface area (Å²) < 4.78 is 44.6. The zero-order valence-electron chi connectivity index (χ0n) is 16.2. The first kappa shape index (κ1) is 20.0. The number of benzene rings is 3. The third-order valence-electron chi connectivity index (χ3n) is 4.83. The van der Waals surface area contributed by atoms with Crippen LogP contribution in [0.5, 0.6) is 0 Å². The SMILES string of the molecule is Cc1c(F)cccc1-c1nc(Cc2ccccc2)oc1-c1ccccc1S(N)(=O)=O. The van der Waals surface area contributed by atoms with E-state index in [1.807, 2.05) is 30.3 Å². The summed E-state index contributed by atoms with van der Waals surface area (Å²) in [4.78, 5) is 4.53. The smallest absolute Gasteiger partial charge is 0.238 e. The molecule has 4 aromatic rings. The van der Waals surface area contributed by atoms with Crippen LogP contribution in [0.2, 0.25) is 0 Å². The molecule has 0 saturated heterocycles. The van der Waals surface area contributed by atoms with Crippen molar-refractivity contribution in [3.8, 4) is 22.6 Å². The van der Waals surface area contributed by atoms with Gasteiger partial charge < -0.3 is 4.42 Å². The maximum Gasteiger partial charge on any atom is 0.238 e. The first-order valence-electron chi connectivity index (χ1n) is 9.26. The van der Waals surface area contributed by atoms with E-state index >= 15 is 0 Å². The molecule has 0 aliphatic carbocycles. The van der Waals surface area contributed by atoms with Gasteiger partial charge in [0.1, 0.15) is 11.5 Å². The molecule has 0 aliphatic rings. The molecule has 152 valence electrons. The van der Waals surface area contributed by atoms with Crippen LogP contribution in [-0.2, 0) is 16.4 Å². The molecule has 0 atom stereocenters. The van der Waals surface area contributed by atoms with Gasteiger partial charge in [-0.3, -0.25) is 0 Å². The molecule has 30 heavy (non-hydrogen) atoms. The summed E-state index contributed by atoms with van der Waals surface area (Å²) in [7, 11) is -4.01. The average Bonchev–Trinajstić information content (AvgIpc) is 3.13. The third-order valence-corrected chi connectivity index (χ3v) is 5.80. The van der Waals surface area contributed by atoms with E-state index in [0.29, 0.717) is 29.1 Å². The van der Waals surface area contributed by atoms with Crippen LogP contribution in [0.25, 0.3) is 22.6 Å². The number of sulfonamides is 1. The normalized spacial score (nSPS) is 11.6. The largest absolute Gasteiger partial charge is 0.440 e. The molecule has 0 aliphatic heterocycles. The van der Waals surface area contributed by atoms with Gasteiger partial charge in [-0.2, -0.15) is 0 Å². The van der Waals surface area contributed by atoms with Gasteiger partial charge >= 0.3 is 0 Å². The molecular formula is C23H19FN2O3S. The Morgan fingerprint density at radius 1 is 0.933 bits per heavy atom. The highest BCUT2D eigenvalue weighted by molar-refractivity contribution is 7.89. The molecule has 0 fully saturated rings. The van der Waals surface area contributed by atoms with Crippen molar-refractivity contribution >= 4 is 10.0 Å². The van der Waals surface area contributed by atoms with Crippen LogP contribution in [0, 0.1) is 12.7 Å². The zero-order valence-corrected chi connectivity index (χ0v) is 17.0. The molecule has 3 aromatic carbocycles. The summed E-state index contributed by atoms with van der Waals surface area (Å²) in [5.74, 6) is 0.240. The van der Waals surface area contributed by atoms with E-state index in [0.717, 1.165) is 5.56 Å². The number of nitrogens with zero attached hydrogens (tertiary/aromatic N) is 1. The van der Waals surface area contributed by atoms with Crippen LogP contribution in [0.1, 0.15) is 17.0 Å². The van der Waals surface area contributed by atoms with Gasteiger partial charge in [-0.1, -0.05) is 54.6 Å². The Morgan fingerprint density at radius 3 is 2.33 bits per heavy atom. The van der Waals surface area contributed by atoms with Crippen LogP contribution >= 0.6 is 0 Å².